The third kappa shape index (κ3) is 4.52. The predicted octanol–water partition coefficient (Wildman–Crippen LogP) is 4.75. The highest BCUT2D eigenvalue weighted by molar-refractivity contribution is 5.53. The second-order valence-electron chi connectivity index (χ2n) is 5.37. The molecule has 0 aliphatic carbocycles. The number of ether oxygens (including phenoxy) is 1. The Balaban J connectivity index is 1.71. The topological polar surface area (TPSA) is 21.3 Å². The van der Waals surface area contributed by atoms with Crippen molar-refractivity contribution >= 4 is 5.69 Å². The minimum atomic E-state index is 0.739. The fraction of sp³-hybridized carbons (Fsp3) is 0.368. The molecule has 0 amide bonds. The van der Waals surface area contributed by atoms with Gasteiger partial charge in [-0.1, -0.05) is 31.2 Å². The molecule has 21 heavy (non-hydrogen) atoms. The third-order valence-electron chi connectivity index (χ3n) is 3.84. The molecule has 0 fully saturated rings. The summed E-state index contributed by atoms with van der Waals surface area (Å²) in [5.41, 5.74) is 5.22. The van der Waals surface area contributed by atoms with E-state index in [-0.39, 0.29) is 0 Å². The first-order chi connectivity index (χ1) is 10.2. The van der Waals surface area contributed by atoms with E-state index in [0.29, 0.717) is 0 Å². The van der Waals surface area contributed by atoms with Crippen molar-refractivity contribution in [1.82, 2.24) is 0 Å². The van der Waals surface area contributed by atoms with Gasteiger partial charge in [0, 0.05) is 12.2 Å². The zero-order valence-electron chi connectivity index (χ0n) is 13.3. The number of hydrogen-bond donors (Lipinski definition) is 1. The standard InChI is InChI=1S/C19H25NO/c1-4-17-9-11-18(12-10-17)21-14-6-13-20-19-8-5-7-15(2)16(19)3/h5,7-12,20H,4,6,13-14H2,1-3H3. The quantitative estimate of drug-likeness (QED) is 0.741. The van der Waals surface area contributed by atoms with Crippen LogP contribution in [-0.4, -0.2) is 13.2 Å². The normalized spacial score (nSPS) is 10.4. The van der Waals surface area contributed by atoms with Crippen molar-refractivity contribution in [3.05, 3.63) is 59.2 Å². The van der Waals surface area contributed by atoms with Gasteiger partial charge >= 0.3 is 0 Å². The summed E-state index contributed by atoms with van der Waals surface area (Å²) >= 11 is 0. The zero-order chi connectivity index (χ0) is 15.1. The van der Waals surface area contributed by atoms with E-state index in [1.54, 1.807) is 0 Å². The van der Waals surface area contributed by atoms with Crippen LogP contribution in [-0.2, 0) is 6.42 Å². The van der Waals surface area contributed by atoms with E-state index in [9.17, 15) is 0 Å². The number of benzene rings is 2. The van der Waals surface area contributed by atoms with Crippen molar-refractivity contribution < 1.29 is 4.74 Å². The average Bonchev–Trinajstić information content (AvgIpc) is 2.51. The second kappa shape index (κ2) is 7.72. The summed E-state index contributed by atoms with van der Waals surface area (Å²) in [5.74, 6) is 0.957. The van der Waals surface area contributed by atoms with Gasteiger partial charge in [-0.15, -0.1) is 0 Å². The highest BCUT2D eigenvalue weighted by atomic mass is 16.5. The Labute approximate surface area is 128 Å². The van der Waals surface area contributed by atoms with Crippen LogP contribution in [0.3, 0.4) is 0 Å². The molecule has 0 spiro atoms. The second-order valence-corrected chi connectivity index (χ2v) is 5.37. The van der Waals surface area contributed by atoms with Gasteiger partial charge in [0.2, 0.25) is 0 Å². The molecule has 0 radical (unpaired) electrons. The lowest BCUT2D eigenvalue weighted by Crippen LogP contribution is -2.08. The van der Waals surface area contributed by atoms with Crippen LogP contribution in [0.25, 0.3) is 0 Å². The van der Waals surface area contributed by atoms with Crippen LogP contribution < -0.4 is 10.1 Å². The van der Waals surface area contributed by atoms with E-state index in [4.69, 9.17) is 4.74 Å². The van der Waals surface area contributed by atoms with Crippen molar-refractivity contribution in [1.29, 1.82) is 0 Å². The van der Waals surface area contributed by atoms with E-state index in [0.717, 1.165) is 31.7 Å². The van der Waals surface area contributed by atoms with Gasteiger partial charge in [-0.3, -0.25) is 0 Å². The number of rotatable bonds is 7. The molecule has 2 heteroatoms. The molecule has 112 valence electrons. The minimum Gasteiger partial charge on any atom is -0.494 e. The molecule has 0 aliphatic rings. The van der Waals surface area contributed by atoms with Gasteiger partial charge in [-0.05, 0) is 61.6 Å². The fourth-order valence-electron chi connectivity index (χ4n) is 2.25. The maximum atomic E-state index is 5.76. The molecule has 0 bridgehead atoms. The Morgan fingerprint density at radius 1 is 1.00 bits per heavy atom. The zero-order valence-corrected chi connectivity index (χ0v) is 13.3. The summed E-state index contributed by atoms with van der Waals surface area (Å²) in [6.45, 7) is 8.13. The lowest BCUT2D eigenvalue weighted by Gasteiger charge is -2.12. The fourth-order valence-corrected chi connectivity index (χ4v) is 2.25. The van der Waals surface area contributed by atoms with Gasteiger partial charge in [-0.2, -0.15) is 0 Å². The molecule has 0 saturated carbocycles. The predicted molar refractivity (Wildman–Crippen MR) is 90.3 cm³/mol. The van der Waals surface area contributed by atoms with Crippen molar-refractivity contribution in [2.45, 2.75) is 33.6 Å². The SMILES string of the molecule is CCc1ccc(OCCCNc2cccc(C)c2C)cc1. The monoisotopic (exact) mass is 283 g/mol. The van der Waals surface area contributed by atoms with Crippen molar-refractivity contribution in [3.8, 4) is 5.75 Å². The molecule has 2 aromatic rings. The molecule has 0 heterocycles. The molecular formula is C19H25NO. The molecule has 0 atom stereocenters. The van der Waals surface area contributed by atoms with Crippen LogP contribution in [0.4, 0.5) is 5.69 Å². The van der Waals surface area contributed by atoms with Gasteiger partial charge in [0.15, 0.2) is 0 Å². The largest absolute Gasteiger partial charge is 0.494 e. The summed E-state index contributed by atoms with van der Waals surface area (Å²) in [5, 5.41) is 3.48. The Morgan fingerprint density at radius 2 is 1.76 bits per heavy atom. The highest BCUT2D eigenvalue weighted by Gasteiger charge is 1.99. The highest BCUT2D eigenvalue weighted by Crippen LogP contribution is 2.18. The molecule has 2 aromatic carbocycles. The lowest BCUT2D eigenvalue weighted by molar-refractivity contribution is 0.315. The van der Waals surface area contributed by atoms with Crippen LogP contribution in [0.15, 0.2) is 42.5 Å². The first-order valence-corrected chi connectivity index (χ1v) is 7.72. The molecule has 0 aromatic heterocycles. The maximum Gasteiger partial charge on any atom is 0.119 e. The van der Waals surface area contributed by atoms with Gasteiger partial charge in [-0.25, -0.2) is 0 Å². The summed E-state index contributed by atoms with van der Waals surface area (Å²) in [6, 6.07) is 14.7. The molecule has 2 rings (SSSR count). The number of aryl methyl sites for hydroxylation is 2. The van der Waals surface area contributed by atoms with Crippen LogP contribution in [0.2, 0.25) is 0 Å². The summed E-state index contributed by atoms with van der Waals surface area (Å²) in [6.07, 6.45) is 2.06. The minimum absolute atomic E-state index is 0.739. The van der Waals surface area contributed by atoms with Crippen molar-refractivity contribution in [2.24, 2.45) is 0 Å². The number of hydrogen-bond acceptors (Lipinski definition) is 2. The molecular weight excluding hydrogens is 258 g/mol. The van der Waals surface area contributed by atoms with Gasteiger partial charge in [0.1, 0.15) is 5.75 Å². The van der Waals surface area contributed by atoms with E-state index >= 15 is 0 Å². The van der Waals surface area contributed by atoms with E-state index in [1.807, 2.05) is 0 Å². The van der Waals surface area contributed by atoms with Crippen LogP contribution >= 0.6 is 0 Å². The number of anilines is 1. The molecule has 0 unspecified atom stereocenters. The summed E-state index contributed by atoms with van der Waals surface area (Å²) in [7, 11) is 0. The van der Waals surface area contributed by atoms with Crippen LogP contribution in [0.5, 0.6) is 5.75 Å². The van der Waals surface area contributed by atoms with Crippen LogP contribution in [0, 0.1) is 13.8 Å². The van der Waals surface area contributed by atoms with E-state index < -0.39 is 0 Å². The molecule has 0 saturated heterocycles. The average molecular weight is 283 g/mol. The van der Waals surface area contributed by atoms with E-state index in [1.165, 1.54) is 22.4 Å². The number of nitrogens with one attached hydrogen (secondary N) is 1. The summed E-state index contributed by atoms with van der Waals surface area (Å²) < 4.78 is 5.76. The molecule has 2 nitrogen and oxygen atoms in total. The molecule has 0 aliphatic heterocycles. The first-order valence-electron chi connectivity index (χ1n) is 7.72. The lowest BCUT2D eigenvalue weighted by atomic mass is 10.1. The van der Waals surface area contributed by atoms with Gasteiger partial charge in [0.25, 0.3) is 0 Å². The maximum absolute atomic E-state index is 5.76. The third-order valence-corrected chi connectivity index (χ3v) is 3.84. The van der Waals surface area contributed by atoms with Crippen LogP contribution in [0.1, 0.15) is 30.0 Å². The Bertz CT molecular complexity index is 560. The Kier molecular flexibility index (Phi) is 5.68. The van der Waals surface area contributed by atoms with Crippen molar-refractivity contribution in [3.63, 3.8) is 0 Å². The Hall–Kier alpha value is -1.96. The smallest absolute Gasteiger partial charge is 0.119 e. The molecule has 1 N–H and O–H groups in total. The Morgan fingerprint density at radius 3 is 2.48 bits per heavy atom. The van der Waals surface area contributed by atoms with Gasteiger partial charge < -0.3 is 10.1 Å². The summed E-state index contributed by atoms with van der Waals surface area (Å²) in [4.78, 5) is 0. The van der Waals surface area contributed by atoms with Gasteiger partial charge in [0.05, 0.1) is 6.61 Å². The van der Waals surface area contributed by atoms with E-state index in [2.05, 4.69) is 68.6 Å². The van der Waals surface area contributed by atoms with Crippen molar-refractivity contribution in [2.75, 3.05) is 18.5 Å². The first kappa shape index (κ1) is 15.4.